The summed E-state index contributed by atoms with van der Waals surface area (Å²) in [5.74, 6) is -0.221. The molecule has 1 aromatic rings. The van der Waals surface area contributed by atoms with Crippen LogP contribution in [0.25, 0.3) is 0 Å². The third-order valence-electron chi connectivity index (χ3n) is 5.21. The Balaban J connectivity index is 1.68. The van der Waals surface area contributed by atoms with E-state index in [1.54, 1.807) is 16.5 Å². The van der Waals surface area contributed by atoms with Crippen molar-refractivity contribution in [2.24, 2.45) is 7.05 Å². The van der Waals surface area contributed by atoms with Gasteiger partial charge in [0.05, 0.1) is 0 Å². The van der Waals surface area contributed by atoms with Gasteiger partial charge in [0, 0.05) is 51.9 Å². The zero-order valence-corrected chi connectivity index (χ0v) is 16.8. The average Bonchev–Trinajstić information content (AvgIpc) is 3.22. The molecule has 27 heavy (non-hydrogen) atoms. The van der Waals surface area contributed by atoms with Crippen LogP contribution in [0.4, 0.5) is 0 Å². The Morgan fingerprint density at radius 2 is 1.89 bits per heavy atom. The van der Waals surface area contributed by atoms with Crippen LogP contribution in [0.2, 0.25) is 0 Å². The van der Waals surface area contributed by atoms with Crippen LogP contribution in [0.5, 0.6) is 0 Å². The molecule has 0 bridgehead atoms. The van der Waals surface area contributed by atoms with E-state index in [0.717, 1.165) is 32.2 Å². The minimum atomic E-state index is -3.57. The number of rotatable bonds is 6. The van der Waals surface area contributed by atoms with E-state index in [4.69, 9.17) is 0 Å². The number of nitrogens with one attached hydrogen (secondary N) is 1. The Morgan fingerprint density at radius 1 is 1.19 bits per heavy atom. The number of sulfonamides is 1. The SMILES string of the molecule is CC(CN1CCCC1=O)NC(=O)c1cc(S(=O)(=O)N2CCCCC2)cn1C. The predicted molar refractivity (Wildman–Crippen MR) is 101 cm³/mol. The fourth-order valence-electron chi connectivity index (χ4n) is 3.73. The standard InChI is InChI=1S/C18H28N4O4S/c1-14(12-21-8-6-7-17(21)23)19-18(24)16-11-15(13-20(16)2)27(25,26)22-9-4-3-5-10-22/h11,13-14H,3-10,12H2,1-2H3,(H,19,24). The van der Waals surface area contributed by atoms with Crippen LogP contribution in [-0.4, -0.2) is 66.2 Å². The maximum Gasteiger partial charge on any atom is 0.268 e. The number of likely N-dealkylation sites (tertiary alicyclic amines) is 1. The van der Waals surface area contributed by atoms with E-state index < -0.39 is 10.0 Å². The number of carbonyl (C=O) groups excluding carboxylic acids is 2. The van der Waals surface area contributed by atoms with Crippen molar-refractivity contribution >= 4 is 21.8 Å². The summed E-state index contributed by atoms with van der Waals surface area (Å²) < 4.78 is 28.6. The summed E-state index contributed by atoms with van der Waals surface area (Å²) in [5, 5.41) is 2.87. The summed E-state index contributed by atoms with van der Waals surface area (Å²) >= 11 is 0. The summed E-state index contributed by atoms with van der Waals surface area (Å²) in [6.45, 7) is 4.09. The first-order valence-electron chi connectivity index (χ1n) is 9.54. The molecule has 0 aromatic carbocycles. The number of aryl methyl sites for hydroxylation is 1. The number of hydrogen-bond acceptors (Lipinski definition) is 4. The molecule has 2 aliphatic heterocycles. The van der Waals surface area contributed by atoms with Crippen molar-refractivity contribution in [3.05, 3.63) is 18.0 Å². The van der Waals surface area contributed by atoms with Gasteiger partial charge in [0.2, 0.25) is 15.9 Å². The van der Waals surface area contributed by atoms with Gasteiger partial charge in [0.15, 0.2) is 0 Å². The molecule has 3 rings (SSSR count). The van der Waals surface area contributed by atoms with E-state index >= 15 is 0 Å². The van der Waals surface area contributed by atoms with Crippen molar-refractivity contribution in [2.45, 2.75) is 50.0 Å². The largest absolute Gasteiger partial charge is 0.347 e. The fraction of sp³-hybridized carbons (Fsp3) is 0.667. The first-order chi connectivity index (χ1) is 12.8. The van der Waals surface area contributed by atoms with Crippen LogP contribution < -0.4 is 5.32 Å². The fourth-order valence-corrected chi connectivity index (χ4v) is 5.32. The van der Waals surface area contributed by atoms with Gasteiger partial charge in [-0.05, 0) is 32.3 Å². The van der Waals surface area contributed by atoms with Crippen LogP contribution in [0.3, 0.4) is 0 Å². The van der Waals surface area contributed by atoms with Gasteiger partial charge in [-0.1, -0.05) is 6.42 Å². The second-order valence-corrected chi connectivity index (χ2v) is 9.39. The highest BCUT2D eigenvalue weighted by molar-refractivity contribution is 7.89. The zero-order valence-electron chi connectivity index (χ0n) is 16.0. The first-order valence-corrected chi connectivity index (χ1v) is 11.0. The highest BCUT2D eigenvalue weighted by atomic mass is 32.2. The second-order valence-electron chi connectivity index (χ2n) is 7.45. The van der Waals surface area contributed by atoms with Crippen LogP contribution in [0.1, 0.15) is 49.5 Å². The van der Waals surface area contributed by atoms with E-state index in [-0.39, 0.29) is 22.8 Å². The number of amides is 2. The highest BCUT2D eigenvalue weighted by Crippen LogP contribution is 2.22. The van der Waals surface area contributed by atoms with Gasteiger partial charge in [-0.3, -0.25) is 9.59 Å². The number of hydrogen-bond donors (Lipinski definition) is 1. The van der Waals surface area contributed by atoms with E-state index in [2.05, 4.69) is 5.32 Å². The van der Waals surface area contributed by atoms with Crippen molar-refractivity contribution in [1.29, 1.82) is 0 Å². The molecule has 8 nitrogen and oxygen atoms in total. The molecule has 1 unspecified atom stereocenters. The summed E-state index contributed by atoms with van der Waals surface area (Å²) in [6.07, 6.45) is 5.70. The summed E-state index contributed by atoms with van der Waals surface area (Å²) in [6, 6.07) is 1.23. The van der Waals surface area contributed by atoms with E-state index in [9.17, 15) is 18.0 Å². The topological polar surface area (TPSA) is 91.7 Å². The molecule has 150 valence electrons. The monoisotopic (exact) mass is 396 g/mol. The predicted octanol–water partition coefficient (Wildman–Crippen LogP) is 0.940. The quantitative estimate of drug-likeness (QED) is 0.775. The Bertz CT molecular complexity index is 811. The maximum absolute atomic E-state index is 12.8. The lowest BCUT2D eigenvalue weighted by Crippen LogP contribution is -2.42. The minimum Gasteiger partial charge on any atom is -0.347 e. The van der Waals surface area contributed by atoms with Crippen molar-refractivity contribution in [2.75, 3.05) is 26.2 Å². The molecule has 1 aromatic heterocycles. The lowest BCUT2D eigenvalue weighted by atomic mass is 10.2. The molecule has 2 saturated heterocycles. The van der Waals surface area contributed by atoms with Crippen molar-refractivity contribution in [3.8, 4) is 0 Å². The molecule has 0 spiro atoms. The van der Waals surface area contributed by atoms with Gasteiger partial charge in [-0.25, -0.2) is 8.42 Å². The van der Waals surface area contributed by atoms with Gasteiger partial charge in [0.25, 0.3) is 5.91 Å². The summed E-state index contributed by atoms with van der Waals surface area (Å²) in [5.41, 5.74) is 0.296. The molecule has 2 aliphatic rings. The first kappa shape index (κ1) is 19.9. The molecule has 0 saturated carbocycles. The molecule has 1 atom stereocenters. The number of nitrogens with zero attached hydrogens (tertiary/aromatic N) is 3. The zero-order chi connectivity index (χ0) is 19.6. The molecule has 2 fully saturated rings. The molecule has 0 aliphatic carbocycles. The average molecular weight is 397 g/mol. The molecule has 1 N–H and O–H groups in total. The van der Waals surface area contributed by atoms with Crippen LogP contribution in [-0.2, 0) is 21.9 Å². The summed E-state index contributed by atoms with van der Waals surface area (Å²) in [7, 11) is -1.91. The van der Waals surface area contributed by atoms with Crippen LogP contribution >= 0.6 is 0 Å². The molecule has 9 heteroatoms. The molecule has 3 heterocycles. The number of piperidine rings is 1. The van der Waals surface area contributed by atoms with Gasteiger partial charge in [-0.2, -0.15) is 4.31 Å². The van der Waals surface area contributed by atoms with E-state index in [1.165, 1.54) is 16.6 Å². The highest BCUT2D eigenvalue weighted by Gasteiger charge is 2.29. The van der Waals surface area contributed by atoms with Crippen molar-refractivity contribution in [3.63, 3.8) is 0 Å². The van der Waals surface area contributed by atoms with Gasteiger partial charge in [0.1, 0.15) is 10.6 Å². The Labute approximate surface area is 160 Å². The van der Waals surface area contributed by atoms with Gasteiger partial charge >= 0.3 is 0 Å². The second kappa shape index (κ2) is 8.02. The summed E-state index contributed by atoms with van der Waals surface area (Å²) in [4.78, 5) is 26.2. The molecular formula is C18H28N4O4S. The molecule has 0 radical (unpaired) electrons. The third-order valence-corrected chi connectivity index (χ3v) is 7.07. The van der Waals surface area contributed by atoms with Gasteiger partial charge < -0.3 is 14.8 Å². The smallest absolute Gasteiger partial charge is 0.268 e. The normalized spacial score (nSPS) is 20.1. The maximum atomic E-state index is 12.8. The molecular weight excluding hydrogens is 368 g/mol. The van der Waals surface area contributed by atoms with Crippen molar-refractivity contribution in [1.82, 2.24) is 19.1 Å². The van der Waals surface area contributed by atoms with E-state index in [0.29, 0.717) is 31.7 Å². The Hall–Kier alpha value is -1.87. The lowest BCUT2D eigenvalue weighted by Gasteiger charge is -2.25. The number of carbonyl (C=O) groups is 2. The molecule has 2 amide bonds. The van der Waals surface area contributed by atoms with E-state index in [1.807, 2.05) is 6.92 Å². The Morgan fingerprint density at radius 3 is 2.52 bits per heavy atom. The minimum absolute atomic E-state index is 0.116. The number of aromatic nitrogens is 1. The third kappa shape index (κ3) is 4.35. The Kier molecular flexibility index (Phi) is 5.90. The van der Waals surface area contributed by atoms with Crippen LogP contribution in [0.15, 0.2) is 17.2 Å². The van der Waals surface area contributed by atoms with Crippen LogP contribution in [0, 0.1) is 0 Å². The van der Waals surface area contributed by atoms with Crippen molar-refractivity contribution < 1.29 is 18.0 Å². The van der Waals surface area contributed by atoms with Gasteiger partial charge in [-0.15, -0.1) is 0 Å². The lowest BCUT2D eigenvalue weighted by molar-refractivity contribution is -0.127.